The molecule has 1 aliphatic heterocycles. The summed E-state index contributed by atoms with van der Waals surface area (Å²) < 4.78 is 7.04. The summed E-state index contributed by atoms with van der Waals surface area (Å²) in [5.41, 5.74) is 5.35. The van der Waals surface area contributed by atoms with E-state index in [0.717, 1.165) is 45.7 Å². The number of carbonyl (C=O) groups is 2. The van der Waals surface area contributed by atoms with Crippen molar-refractivity contribution >= 4 is 34.1 Å². The van der Waals surface area contributed by atoms with Gasteiger partial charge in [0.1, 0.15) is 11.8 Å². The van der Waals surface area contributed by atoms with E-state index < -0.39 is 6.04 Å². The lowest BCUT2D eigenvalue weighted by Crippen LogP contribution is -2.43. The van der Waals surface area contributed by atoms with Crippen molar-refractivity contribution in [1.29, 1.82) is 0 Å². The number of carbonyl (C=O) groups excluding carboxylic acids is 2. The van der Waals surface area contributed by atoms with Crippen LogP contribution in [0.4, 0.5) is 5.69 Å². The molecule has 0 saturated carbocycles. The van der Waals surface area contributed by atoms with Crippen LogP contribution in [-0.2, 0) is 16.0 Å². The average Bonchev–Trinajstić information content (AvgIpc) is 3.50. The SMILES string of the molecule is COc1ccc(NC(=O)C2CCCN2C(=O)CCc2c(C)nc3c4ccccc4nn3c2C)cc1. The molecule has 180 valence electrons. The maximum atomic E-state index is 13.2. The number of aromatic nitrogens is 3. The quantitative estimate of drug-likeness (QED) is 0.458. The Morgan fingerprint density at radius 1 is 1.11 bits per heavy atom. The Hall–Kier alpha value is -3.94. The first-order chi connectivity index (χ1) is 17.0. The summed E-state index contributed by atoms with van der Waals surface area (Å²) in [6.45, 7) is 4.60. The number of fused-ring (bicyclic) bond motifs is 3. The van der Waals surface area contributed by atoms with Gasteiger partial charge in [0, 0.05) is 35.4 Å². The van der Waals surface area contributed by atoms with Crippen LogP contribution >= 0.6 is 0 Å². The standard InChI is InChI=1S/C27H29N5O3/c1-17-21(18(2)32-26(28-17)22-7-4-5-8-23(22)30-32)14-15-25(33)31-16-6-9-24(31)27(34)29-19-10-12-20(35-3)13-11-19/h4-5,7-8,10-13,24H,6,9,14-16H2,1-3H3,(H,29,34). The van der Waals surface area contributed by atoms with Gasteiger partial charge < -0.3 is 15.0 Å². The number of anilines is 1. The summed E-state index contributed by atoms with van der Waals surface area (Å²) in [5.74, 6) is 0.559. The number of amides is 2. The highest BCUT2D eigenvalue weighted by molar-refractivity contribution is 5.97. The third-order valence-electron chi connectivity index (χ3n) is 6.84. The fraction of sp³-hybridized carbons (Fsp3) is 0.333. The van der Waals surface area contributed by atoms with Gasteiger partial charge in [0.05, 0.1) is 12.6 Å². The Morgan fingerprint density at radius 3 is 2.66 bits per heavy atom. The van der Waals surface area contributed by atoms with E-state index in [1.807, 2.05) is 42.6 Å². The van der Waals surface area contributed by atoms with Crippen molar-refractivity contribution in [3.63, 3.8) is 0 Å². The number of benzene rings is 2. The van der Waals surface area contributed by atoms with Crippen molar-refractivity contribution in [2.45, 2.75) is 45.6 Å². The summed E-state index contributed by atoms with van der Waals surface area (Å²) in [7, 11) is 1.60. The number of likely N-dealkylation sites (tertiary alicyclic amines) is 1. The lowest BCUT2D eigenvalue weighted by Gasteiger charge is -2.24. The van der Waals surface area contributed by atoms with Gasteiger partial charge >= 0.3 is 0 Å². The van der Waals surface area contributed by atoms with E-state index in [2.05, 4.69) is 5.32 Å². The van der Waals surface area contributed by atoms with Gasteiger partial charge in [-0.15, -0.1) is 0 Å². The number of methoxy groups -OCH3 is 1. The zero-order chi connectivity index (χ0) is 24.5. The van der Waals surface area contributed by atoms with Crippen molar-refractivity contribution in [1.82, 2.24) is 19.5 Å². The predicted molar refractivity (Wildman–Crippen MR) is 135 cm³/mol. The van der Waals surface area contributed by atoms with Crippen LogP contribution in [-0.4, -0.2) is 51.0 Å². The number of nitrogens with zero attached hydrogens (tertiary/aromatic N) is 4. The summed E-state index contributed by atoms with van der Waals surface area (Å²) in [6, 6.07) is 14.7. The fourth-order valence-corrected chi connectivity index (χ4v) is 4.95. The molecule has 0 radical (unpaired) electrons. The molecule has 5 rings (SSSR count). The highest BCUT2D eigenvalue weighted by atomic mass is 16.5. The Labute approximate surface area is 203 Å². The van der Waals surface area contributed by atoms with Crippen molar-refractivity contribution in [3.8, 4) is 5.75 Å². The molecule has 3 heterocycles. The first-order valence-corrected chi connectivity index (χ1v) is 11.9. The van der Waals surface area contributed by atoms with E-state index >= 15 is 0 Å². The molecule has 1 fully saturated rings. The predicted octanol–water partition coefficient (Wildman–Crippen LogP) is 4.07. The molecule has 0 aliphatic carbocycles. The molecule has 0 bridgehead atoms. The van der Waals surface area contributed by atoms with Gasteiger partial charge in [-0.25, -0.2) is 9.50 Å². The van der Waals surface area contributed by atoms with Crippen molar-refractivity contribution in [3.05, 3.63) is 65.5 Å². The van der Waals surface area contributed by atoms with Crippen LogP contribution in [0.3, 0.4) is 0 Å². The maximum absolute atomic E-state index is 13.2. The summed E-state index contributed by atoms with van der Waals surface area (Å²) in [4.78, 5) is 32.6. The van der Waals surface area contributed by atoms with Gasteiger partial charge in [-0.1, -0.05) is 12.1 Å². The summed E-state index contributed by atoms with van der Waals surface area (Å²) >= 11 is 0. The molecule has 2 aromatic carbocycles. The summed E-state index contributed by atoms with van der Waals surface area (Å²) in [6.07, 6.45) is 2.36. The minimum atomic E-state index is -0.455. The second kappa shape index (κ2) is 9.37. The molecule has 1 atom stereocenters. The second-order valence-corrected chi connectivity index (χ2v) is 8.98. The Morgan fingerprint density at radius 2 is 1.89 bits per heavy atom. The smallest absolute Gasteiger partial charge is 0.247 e. The fourth-order valence-electron chi connectivity index (χ4n) is 4.95. The van der Waals surface area contributed by atoms with Gasteiger partial charge in [-0.3, -0.25) is 9.59 Å². The van der Waals surface area contributed by atoms with Crippen LogP contribution in [0.2, 0.25) is 0 Å². The maximum Gasteiger partial charge on any atom is 0.247 e. The van der Waals surface area contributed by atoms with E-state index in [1.54, 1.807) is 36.3 Å². The monoisotopic (exact) mass is 471 g/mol. The molecule has 1 N–H and O–H groups in total. The van der Waals surface area contributed by atoms with E-state index in [9.17, 15) is 9.59 Å². The van der Waals surface area contributed by atoms with E-state index in [0.29, 0.717) is 31.5 Å². The molecular formula is C27H29N5O3. The van der Waals surface area contributed by atoms with E-state index in [4.69, 9.17) is 14.8 Å². The van der Waals surface area contributed by atoms with Gasteiger partial charge in [0.25, 0.3) is 0 Å². The highest BCUT2D eigenvalue weighted by Crippen LogP contribution is 2.25. The lowest BCUT2D eigenvalue weighted by atomic mass is 10.1. The Bertz CT molecular complexity index is 1410. The zero-order valence-electron chi connectivity index (χ0n) is 20.2. The molecule has 1 saturated heterocycles. The molecule has 2 aromatic heterocycles. The first kappa shape index (κ1) is 22.8. The van der Waals surface area contributed by atoms with E-state index in [1.165, 1.54) is 0 Å². The molecule has 35 heavy (non-hydrogen) atoms. The van der Waals surface area contributed by atoms with Crippen LogP contribution in [0.5, 0.6) is 5.75 Å². The number of ether oxygens (including phenoxy) is 1. The Balaban J connectivity index is 1.29. The molecule has 1 unspecified atom stereocenters. The number of nitrogens with one attached hydrogen (secondary N) is 1. The van der Waals surface area contributed by atoms with Gasteiger partial charge in [0.2, 0.25) is 11.8 Å². The first-order valence-electron chi connectivity index (χ1n) is 11.9. The molecule has 2 amide bonds. The van der Waals surface area contributed by atoms with Crippen LogP contribution < -0.4 is 10.1 Å². The van der Waals surface area contributed by atoms with E-state index in [-0.39, 0.29) is 11.8 Å². The van der Waals surface area contributed by atoms with Crippen LogP contribution in [0.15, 0.2) is 48.5 Å². The van der Waals surface area contributed by atoms with Crippen LogP contribution in [0.25, 0.3) is 16.6 Å². The lowest BCUT2D eigenvalue weighted by molar-refractivity contribution is -0.136. The highest BCUT2D eigenvalue weighted by Gasteiger charge is 2.34. The average molecular weight is 472 g/mol. The molecule has 8 nitrogen and oxygen atoms in total. The van der Waals surface area contributed by atoms with Gasteiger partial charge in [-0.2, -0.15) is 5.10 Å². The second-order valence-electron chi connectivity index (χ2n) is 8.98. The zero-order valence-corrected chi connectivity index (χ0v) is 20.2. The Kier molecular flexibility index (Phi) is 6.11. The number of hydrogen-bond donors (Lipinski definition) is 1. The number of rotatable bonds is 6. The normalized spacial score (nSPS) is 15.6. The third-order valence-corrected chi connectivity index (χ3v) is 6.84. The summed E-state index contributed by atoms with van der Waals surface area (Å²) in [5, 5.41) is 8.66. The molecule has 8 heteroatoms. The van der Waals surface area contributed by atoms with Gasteiger partial charge in [-0.05, 0) is 75.1 Å². The topological polar surface area (TPSA) is 88.8 Å². The minimum Gasteiger partial charge on any atom is -0.497 e. The number of hydrogen-bond acceptors (Lipinski definition) is 5. The van der Waals surface area contributed by atoms with Crippen molar-refractivity contribution < 1.29 is 14.3 Å². The third kappa shape index (κ3) is 4.32. The van der Waals surface area contributed by atoms with Crippen molar-refractivity contribution in [2.24, 2.45) is 0 Å². The molecular weight excluding hydrogens is 442 g/mol. The van der Waals surface area contributed by atoms with Crippen LogP contribution in [0.1, 0.15) is 36.2 Å². The van der Waals surface area contributed by atoms with Crippen LogP contribution in [0, 0.1) is 13.8 Å². The largest absolute Gasteiger partial charge is 0.497 e. The number of aryl methyl sites for hydroxylation is 2. The molecule has 0 spiro atoms. The minimum absolute atomic E-state index is 0.0121. The van der Waals surface area contributed by atoms with Crippen molar-refractivity contribution in [2.75, 3.05) is 19.0 Å². The molecule has 1 aliphatic rings. The van der Waals surface area contributed by atoms with Gasteiger partial charge in [0.15, 0.2) is 5.65 Å². The molecule has 4 aromatic rings.